The van der Waals surface area contributed by atoms with Crippen molar-refractivity contribution in [3.63, 3.8) is 0 Å². The average molecular weight is 475 g/mol. The van der Waals surface area contributed by atoms with Gasteiger partial charge in [0.2, 0.25) is 11.8 Å². The average Bonchev–Trinajstić information content (AvgIpc) is 3.54. The van der Waals surface area contributed by atoms with Crippen LogP contribution in [-0.2, 0) is 9.59 Å². The van der Waals surface area contributed by atoms with Crippen molar-refractivity contribution in [2.45, 2.75) is 76.9 Å². The molecule has 2 amide bonds. The molecule has 0 bridgehead atoms. The van der Waals surface area contributed by atoms with E-state index in [0.29, 0.717) is 24.1 Å². The highest BCUT2D eigenvalue weighted by Crippen LogP contribution is 2.38. The van der Waals surface area contributed by atoms with Crippen LogP contribution in [0.25, 0.3) is 0 Å². The molecule has 2 aliphatic rings. The topological polar surface area (TPSA) is 109 Å². The third kappa shape index (κ3) is 5.30. The standard InChI is InChI=1S/C24H34N4O4S/c1-14(2)21(20-8-9-27-32-20)24(31)28-12-18(29)10-19(28)23(30)25-11-16-4-6-17(7-5-16)22-15(3)26-13-33-22/h8-9,13-14,16-19,21,29H,4-7,10-12H2,1-3H3,(H,25,30)/t16-,17-,18-,19+,21-/m1/s1. The molecule has 8 nitrogen and oxygen atoms in total. The Kier molecular flexibility index (Phi) is 7.48. The molecule has 4 rings (SSSR count). The van der Waals surface area contributed by atoms with Crippen molar-refractivity contribution in [2.24, 2.45) is 11.8 Å². The van der Waals surface area contributed by atoms with Gasteiger partial charge in [0, 0.05) is 30.5 Å². The van der Waals surface area contributed by atoms with E-state index in [1.165, 1.54) is 16.0 Å². The molecule has 180 valence electrons. The quantitative estimate of drug-likeness (QED) is 0.638. The molecule has 2 aromatic rings. The molecule has 33 heavy (non-hydrogen) atoms. The van der Waals surface area contributed by atoms with E-state index in [1.54, 1.807) is 17.4 Å². The Labute approximate surface area is 198 Å². The number of aromatic nitrogens is 2. The minimum Gasteiger partial charge on any atom is -0.391 e. The van der Waals surface area contributed by atoms with E-state index in [1.807, 2.05) is 19.4 Å². The number of aliphatic hydroxyl groups excluding tert-OH is 1. The zero-order valence-electron chi connectivity index (χ0n) is 19.6. The Morgan fingerprint density at radius 1 is 1.30 bits per heavy atom. The van der Waals surface area contributed by atoms with Gasteiger partial charge >= 0.3 is 0 Å². The summed E-state index contributed by atoms with van der Waals surface area (Å²) >= 11 is 1.75. The van der Waals surface area contributed by atoms with Crippen molar-refractivity contribution in [3.8, 4) is 0 Å². The fourth-order valence-electron chi connectivity index (χ4n) is 5.30. The maximum absolute atomic E-state index is 13.4. The third-order valence-corrected chi connectivity index (χ3v) is 8.22. The Morgan fingerprint density at radius 2 is 2.06 bits per heavy atom. The molecule has 0 spiro atoms. The summed E-state index contributed by atoms with van der Waals surface area (Å²) in [7, 11) is 0. The molecular weight excluding hydrogens is 440 g/mol. The van der Waals surface area contributed by atoms with E-state index in [4.69, 9.17) is 4.52 Å². The number of hydrogen-bond donors (Lipinski definition) is 2. The fourth-order valence-corrected chi connectivity index (χ4v) is 6.28. The van der Waals surface area contributed by atoms with Crippen LogP contribution in [-0.4, -0.2) is 57.2 Å². The lowest BCUT2D eigenvalue weighted by molar-refractivity contribution is -0.141. The second kappa shape index (κ2) is 10.3. The molecule has 2 fully saturated rings. The van der Waals surface area contributed by atoms with Crippen LogP contribution in [0.5, 0.6) is 0 Å². The molecule has 3 heterocycles. The smallest absolute Gasteiger partial charge is 0.242 e. The van der Waals surface area contributed by atoms with Gasteiger partial charge in [-0.25, -0.2) is 4.98 Å². The first-order valence-corrected chi connectivity index (χ1v) is 12.8. The Hall–Kier alpha value is -2.26. The third-order valence-electron chi connectivity index (χ3n) is 7.13. The Morgan fingerprint density at radius 3 is 2.67 bits per heavy atom. The molecule has 2 aromatic heterocycles. The van der Waals surface area contributed by atoms with Gasteiger partial charge in [-0.2, -0.15) is 0 Å². The van der Waals surface area contributed by atoms with Gasteiger partial charge in [0.15, 0.2) is 0 Å². The van der Waals surface area contributed by atoms with Crippen molar-refractivity contribution in [3.05, 3.63) is 34.1 Å². The van der Waals surface area contributed by atoms with E-state index in [0.717, 1.165) is 31.4 Å². The van der Waals surface area contributed by atoms with Crippen LogP contribution in [0.1, 0.15) is 74.1 Å². The van der Waals surface area contributed by atoms with E-state index in [9.17, 15) is 14.7 Å². The molecule has 1 saturated heterocycles. The molecule has 0 radical (unpaired) electrons. The van der Waals surface area contributed by atoms with Gasteiger partial charge in [0.1, 0.15) is 17.7 Å². The summed E-state index contributed by atoms with van der Waals surface area (Å²) in [4.78, 5) is 33.7. The van der Waals surface area contributed by atoms with Crippen LogP contribution in [0, 0.1) is 18.8 Å². The van der Waals surface area contributed by atoms with E-state index in [2.05, 4.69) is 22.4 Å². The number of amides is 2. The number of carbonyl (C=O) groups is 2. The maximum atomic E-state index is 13.4. The molecule has 1 saturated carbocycles. The number of nitrogens with zero attached hydrogens (tertiary/aromatic N) is 3. The zero-order chi connectivity index (χ0) is 23.5. The second-order valence-corrected chi connectivity index (χ2v) is 10.7. The van der Waals surface area contributed by atoms with E-state index >= 15 is 0 Å². The van der Waals surface area contributed by atoms with E-state index < -0.39 is 18.1 Å². The number of β-amino-alcohol motifs (C(OH)–C–C–N with tert-alkyl or cyclic N) is 1. The highest BCUT2D eigenvalue weighted by atomic mass is 32.1. The first-order chi connectivity index (χ1) is 15.8. The molecular formula is C24H34N4O4S. The largest absolute Gasteiger partial charge is 0.391 e. The lowest BCUT2D eigenvalue weighted by Crippen LogP contribution is -2.49. The number of aliphatic hydroxyl groups is 1. The van der Waals surface area contributed by atoms with Gasteiger partial charge in [-0.3, -0.25) is 9.59 Å². The van der Waals surface area contributed by atoms with Crippen LogP contribution in [0.3, 0.4) is 0 Å². The van der Waals surface area contributed by atoms with Crippen LogP contribution in [0.4, 0.5) is 0 Å². The summed E-state index contributed by atoms with van der Waals surface area (Å²) in [5.41, 5.74) is 3.07. The summed E-state index contributed by atoms with van der Waals surface area (Å²) < 4.78 is 5.27. The van der Waals surface area contributed by atoms with Crippen molar-refractivity contribution in [1.29, 1.82) is 0 Å². The molecule has 9 heteroatoms. The fraction of sp³-hybridized carbons (Fsp3) is 0.667. The predicted molar refractivity (Wildman–Crippen MR) is 125 cm³/mol. The van der Waals surface area contributed by atoms with Gasteiger partial charge in [0.05, 0.1) is 23.5 Å². The van der Waals surface area contributed by atoms with Crippen LogP contribution >= 0.6 is 11.3 Å². The highest BCUT2D eigenvalue weighted by Gasteiger charge is 2.43. The van der Waals surface area contributed by atoms with Gasteiger partial charge in [-0.15, -0.1) is 11.3 Å². The second-order valence-electron chi connectivity index (χ2n) is 9.80. The monoisotopic (exact) mass is 474 g/mol. The number of likely N-dealkylation sites (tertiary alicyclic amines) is 1. The lowest BCUT2D eigenvalue weighted by atomic mass is 9.81. The maximum Gasteiger partial charge on any atom is 0.242 e. The summed E-state index contributed by atoms with van der Waals surface area (Å²) in [6.45, 7) is 6.73. The zero-order valence-corrected chi connectivity index (χ0v) is 20.4. The number of carbonyl (C=O) groups excluding carboxylic acids is 2. The number of hydrogen-bond acceptors (Lipinski definition) is 7. The molecule has 1 aliphatic heterocycles. The first kappa shape index (κ1) is 23.9. The lowest BCUT2D eigenvalue weighted by Gasteiger charge is -2.30. The van der Waals surface area contributed by atoms with Gasteiger partial charge in [-0.05, 0) is 50.4 Å². The van der Waals surface area contributed by atoms with Crippen LogP contribution < -0.4 is 5.32 Å². The van der Waals surface area contributed by atoms with Gasteiger partial charge in [0.25, 0.3) is 0 Å². The van der Waals surface area contributed by atoms with Crippen molar-refractivity contribution < 1.29 is 19.2 Å². The molecule has 0 unspecified atom stereocenters. The van der Waals surface area contributed by atoms with Crippen molar-refractivity contribution >= 4 is 23.2 Å². The highest BCUT2D eigenvalue weighted by molar-refractivity contribution is 7.09. The SMILES string of the molecule is Cc1ncsc1[C@H]1CC[C@H](CNC(=O)[C@@H]2C[C@@H](O)CN2C(=O)[C@@H](c2ccno2)C(C)C)CC1. The minimum absolute atomic E-state index is 0.0238. The number of nitrogens with one attached hydrogen (secondary N) is 1. The molecule has 0 aromatic carbocycles. The molecule has 1 aliphatic carbocycles. The Balaban J connectivity index is 1.33. The number of rotatable bonds is 7. The van der Waals surface area contributed by atoms with Crippen molar-refractivity contribution in [2.75, 3.05) is 13.1 Å². The summed E-state index contributed by atoms with van der Waals surface area (Å²) in [5.74, 6) is 0.573. The molecule has 2 N–H and O–H groups in total. The summed E-state index contributed by atoms with van der Waals surface area (Å²) in [6, 6.07) is 1.03. The Bertz CT molecular complexity index is 936. The predicted octanol–water partition coefficient (Wildman–Crippen LogP) is 3.23. The summed E-state index contributed by atoms with van der Waals surface area (Å²) in [6.07, 6.45) is 5.44. The van der Waals surface area contributed by atoms with Gasteiger partial charge in [-0.1, -0.05) is 19.0 Å². The molecule has 3 atom stereocenters. The van der Waals surface area contributed by atoms with E-state index in [-0.39, 0.29) is 30.7 Å². The first-order valence-electron chi connectivity index (χ1n) is 11.9. The van der Waals surface area contributed by atoms with Crippen LogP contribution in [0.2, 0.25) is 0 Å². The van der Waals surface area contributed by atoms with Crippen molar-refractivity contribution in [1.82, 2.24) is 20.4 Å². The number of aryl methyl sites for hydroxylation is 1. The normalized spacial score (nSPS) is 26.5. The number of thiazole rings is 1. The van der Waals surface area contributed by atoms with Crippen LogP contribution in [0.15, 0.2) is 22.3 Å². The minimum atomic E-state index is -0.703. The van der Waals surface area contributed by atoms with Gasteiger partial charge < -0.3 is 19.8 Å². The summed E-state index contributed by atoms with van der Waals surface area (Å²) in [5, 5.41) is 17.1.